The number of aromatic amines is 1. The van der Waals surface area contributed by atoms with Gasteiger partial charge in [0, 0.05) is 46.6 Å². The largest absolute Gasteiger partial charge is 0.387 e. The van der Waals surface area contributed by atoms with E-state index in [4.69, 9.17) is 10.7 Å². The first-order valence-electron chi connectivity index (χ1n) is 13.5. The normalized spacial score (nSPS) is 22.9. The number of anilines is 1. The molecule has 3 aliphatic rings. The smallest absolute Gasteiger partial charge is 0.248 e. The summed E-state index contributed by atoms with van der Waals surface area (Å²) in [6, 6.07) is 4.29. The Morgan fingerprint density at radius 2 is 1.84 bits per heavy atom. The van der Waals surface area contributed by atoms with Gasteiger partial charge in [-0.2, -0.15) is 9.61 Å². The third-order valence-electron chi connectivity index (χ3n) is 8.72. The van der Waals surface area contributed by atoms with Crippen molar-refractivity contribution in [1.82, 2.24) is 34.4 Å². The van der Waals surface area contributed by atoms with Crippen molar-refractivity contribution in [2.45, 2.75) is 76.3 Å². The molecule has 6 heterocycles. The Hall–Kier alpha value is -3.79. The van der Waals surface area contributed by atoms with Gasteiger partial charge < -0.3 is 20.7 Å². The fraction of sp³-hybridized carbons (Fsp3) is 0.464. The molecule has 10 nitrogen and oxygen atoms in total. The minimum atomic E-state index is -0.423. The molecule has 3 fully saturated rings. The molecule has 1 unspecified atom stereocenters. The number of nitrogens with two attached hydrogens (primary N) is 1. The second-order valence-electron chi connectivity index (χ2n) is 11.1. The fourth-order valence-corrected chi connectivity index (χ4v) is 6.60. The van der Waals surface area contributed by atoms with Crippen LogP contribution in [0.1, 0.15) is 73.0 Å². The summed E-state index contributed by atoms with van der Waals surface area (Å²) in [5, 5.41) is 14.1. The molecule has 2 saturated heterocycles. The molecule has 0 aromatic carbocycles. The number of rotatable bonds is 5. The molecule has 1 saturated carbocycles. The zero-order valence-electron chi connectivity index (χ0n) is 21.7. The van der Waals surface area contributed by atoms with Gasteiger partial charge in [0.15, 0.2) is 11.5 Å². The van der Waals surface area contributed by atoms with Crippen LogP contribution in [0.2, 0.25) is 0 Å². The molecule has 0 spiro atoms. The number of hydrogen-bond acceptors (Lipinski definition) is 7. The van der Waals surface area contributed by atoms with E-state index in [1.807, 2.05) is 43.3 Å². The van der Waals surface area contributed by atoms with Gasteiger partial charge in [-0.3, -0.25) is 9.78 Å². The van der Waals surface area contributed by atoms with Gasteiger partial charge in [-0.25, -0.2) is 9.97 Å². The van der Waals surface area contributed by atoms with Crippen LogP contribution in [0, 0.1) is 13.8 Å². The molecule has 2 bridgehead atoms. The van der Waals surface area contributed by atoms with Crippen molar-refractivity contribution in [3.63, 3.8) is 0 Å². The van der Waals surface area contributed by atoms with Crippen molar-refractivity contribution in [2.24, 2.45) is 0 Å². The Balaban J connectivity index is 1.27. The van der Waals surface area contributed by atoms with Gasteiger partial charge in [0.2, 0.25) is 5.91 Å². The van der Waals surface area contributed by atoms with Crippen LogP contribution < -0.4 is 5.73 Å². The van der Waals surface area contributed by atoms with E-state index in [0.717, 1.165) is 89.5 Å². The number of aliphatic hydroxyl groups is 1. The van der Waals surface area contributed by atoms with E-state index >= 15 is 0 Å². The third kappa shape index (κ3) is 3.61. The predicted molar refractivity (Wildman–Crippen MR) is 142 cm³/mol. The summed E-state index contributed by atoms with van der Waals surface area (Å²) in [7, 11) is 0. The fourth-order valence-electron chi connectivity index (χ4n) is 6.60. The van der Waals surface area contributed by atoms with E-state index < -0.39 is 6.61 Å². The maximum Gasteiger partial charge on any atom is 0.248 e. The molecule has 38 heavy (non-hydrogen) atoms. The average molecular weight is 513 g/mol. The quantitative estimate of drug-likeness (QED) is 0.372. The second-order valence-corrected chi connectivity index (χ2v) is 11.1. The van der Waals surface area contributed by atoms with E-state index in [0.29, 0.717) is 11.7 Å². The van der Waals surface area contributed by atoms with E-state index in [1.165, 1.54) is 0 Å². The Morgan fingerprint density at radius 3 is 2.45 bits per heavy atom. The number of carbonyl (C=O) groups is 1. The van der Waals surface area contributed by atoms with Gasteiger partial charge in [-0.05, 0) is 64.4 Å². The van der Waals surface area contributed by atoms with Crippen molar-refractivity contribution in [1.29, 1.82) is 0 Å². The lowest BCUT2D eigenvalue weighted by atomic mass is 9.85. The number of carbonyl (C=O) groups excluding carboxylic acids is 1. The number of imidazole rings is 1. The van der Waals surface area contributed by atoms with Crippen LogP contribution in [-0.2, 0) is 4.79 Å². The highest BCUT2D eigenvalue weighted by atomic mass is 16.3. The highest BCUT2D eigenvalue weighted by molar-refractivity contribution is 5.80. The number of nitrogens with zero attached hydrogens (tertiary/aromatic N) is 6. The van der Waals surface area contributed by atoms with E-state index in [-0.39, 0.29) is 23.9 Å². The summed E-state index contributed by atoms with van der Waals surface area (Å²) in [6.07, 6.45) is 9.56. The summed E-state index contributed by atoms with van der Waals surface area (Å²) in [6.45, 7) is 3.56. The molecule has 3 atom stereocenters. The monoisotopic (exact) mass is 512 g/mol. The van der Waals surface area contributed by atoms with Gasteiger partial charge >= 0.3 is 0 Å². The van der Waals surface area contributed by atoms with Crippen molar-refractivity contribution in [3.05, 3.63) is 47.2 Å². The van der Waals surface area contributed by atoms with Crippen molar-refractivity contribution >= 4 is 17.4 Å². The lowest BCUT2D eigenvalue weighted by Crippen LogP contribution is -2.47. The van der Waals surface area contributed by atoms with Crippen LogP contribution in [0.5, 0.6) is 0 Å². The van der Waals surface area contributed by atoms with Crippen LogP contribution in [0.15, 0.2) is 24.5 Å². The molecular weight excluding hydrogens is 480 g/mol. The number of H-pyrrole nitrogens is 1. The summed E-state index contributed by atoms with van der Waals surface area (Å²) >= 11 is 0. The number of pyridine rings is 1. The maximum atomic E-state index is 12.4. The Labute approximate surface area is 220 Å². The molecule has 4 aromatic heterocycles. The molecule has 10 heteroatoms. The first-order chi connectivity index (χ1) is 18.4. The van der Waals surface area contributed by atoms with Crippen LogP contribution in [0.3, 0.4) is 0 Å². The van der Waals surface area contributed by atoms with Gasteiger partial charge in [0.05, 0.1) is 17.6 Å². The Kier molecular flexibility index (Phi) is 5.30. The Bertz CT molecular complexity index is 1520. The van der Waals surface area contributed by atoms with Gasteiger partial charge in [-0.15, -0.1) is 0 Å². The number of amides is 1. The van der Waals surface area contributed by atoms with Crippen LogP contribution in [0.4, 0.5) is 5.82 Å². The summed E-state index contributed by atoms with van der Waals surface area (Å²) < 4.78 is 1.78. The highest BCUT2D eigenvalue weighted by Gasteiger charge is 2.45. The summed E-state index contributed by atoms with van der Waals surface area (Å²) in [5.74, 6) is 1.92. The second kappa shape index (κ2) is 8.62. The Morgan fingerprint density at radius 1 is 1.08 bits per heavy atom. The number of aromatic nitrogens is 6. The zero-order valence-corrected chi connectivity index (χ0v) is 21.7. The molecule has 7 rings (SSSR count). The molecule has 196 valence electrons. The lowest BCUT2D eigenvalue weighted by molar-refractivity contribution is -0.138. The van der Waals surface area contributed by atoms with E-state index in [1.54, 1.807) is 4.52 Å². The molecule has 1 aliphatic carbocycles. The first-order valence-corrected chi connectivity index (χ1v) is 13.5. The number of aliphatic hydroxyl groups excluding tert-OH is 1. The highest BCUT2D eigenvalue weighted by Crippen LogP contribution is 2.50. The van der Waals surface area contributed by atoms with Gasteiger partial charge in [0.1, 0.15) is 18.1 Å². The number of hydrogen-bond donors (Lipinski definition) is 3. The molecular formula is C28H32N8O2. The SMILES string of the molecule is Cc1nc(-c2ccc(-c3cnn4c(N)c(C5CC5)c([C@H]5CC6CC[C@H](C5)N6C(=O)CO)nc34)cn2)[nH]c1C. The average Bonchev–Trinajstić information content (AvgIpc) is 3.49. The predicted octanol–water partition coefficient (Wildman–Crippen LogP) is 3.49. The van der Waals surface area contributed by atoms with Gasteiger partial charge in [-0.1, -0.05) is 6.07 Å². The number of fused-ring (bicyclic) bond motifs is 3. The molecule has 2 aliphatic heterocycles. The van der Waals surface area contributed by atoms with Crippen molar-refractivity contribution in [3.8, 4) is 22.6 Å². The molecule has 0 radical (unpaired) electrons. The summed E-state index contributed by atoms with van der Waals surface area (Å²) in [4.78, 5) is 32.1. The minimum absolute atomic E-state index is 0.153. The lowest BCUT2D eigenvalue weighted by Gasteiger charge is -2.39. The molecule has 1 amide bonds. The third-order valence-corrected chi connectivity index (χ3v) is 8.72. The maximum absolute atomic E-state index is 12.4. The first kappa shape index (κ1) is 23.3. The van der Waals surface area contributed by atoms with Crippen LogP contribution >= 0.6 is 0 Å². The number of nitrogen functional groups attached to an aromatic ring is 1. The minimum Gasteiger partial charge on any atom is -0.387 e. The molecule has 4 N–H and O–H groups in total. The van der Waals surface area contributed by atoms with E-state index in [2.05, 4.69) is 20.1 Å². The van der Waals surface area contributed by atoms with Crippen molar-refractivity contribution in [2.75, 3.05) is 12.3 Å². The number of aryl methyl sites for hydroxylation is 2. The summed E-state index contributed by atoms with van der Waals surface area (Å²) in [5.41, 5.74) is 14.3. The van der Waals surface area contributed by atoms with Gasteiger partial charge in [0.25, 0.3) is 0 Å². The van der Waals surface area contributed by atoms with Crippen LogP contribution in [0.25, 0.3) is 28.3 Å². The van der Waals surface area contributed by atoms with Crippen LogP contribution in [-0.4, -0.2) is 64.2 Å². The zero-order chi connectivity index (χ0) is 26.1. The number of piperidine rings is 1. The standard InChI is InChI=1S/C28H32N8O2/c1-14-15(2)33-27(32-14)22-8-5-17(11-30-22)21-12-31-36-26(29)24(16-3-4-16)25(34-28(21)36)18-9-19-6-7-20(10-18)35(19)23(38)13-37/h5,8,11-12,16,18-20,37H,3-4,6-7,9-10,13,29H2,1-2H3,(H,32,33)/t18-,19-,20?/m1/s1. The number of nitrogens with one attached hydrogen (secondary N) is 1. The topological polar surface area (TPSA) is 138 Å². The van der Waals surface area contributed by atoms with Crippen molar-refractivity contribution < 1.29 is 9.90 Å². The van der Waals surface area contributed by atoms with E-state index in [9.17, 15) is 9.90 Å². The molecule has 4 aromatic rings.